The zero-order valence-electron chi connectivity index (χ0n) is 17.6. The fourth-order valence-electron chi connectivity index (χ4n) is 3.22. The number of nitrogens with zero attached hydrogens (tertiary/aromatic N) is 2. The lowest BCUT2D eigenvalue weighted by Gasteiger charge is -2.16. The van der Waals surface area contributed by atoms with Crippen molar-refractivity contribution in [3.8, 4) is 0 Å². The molecule has 33 heavy (non-hydrogen) atoms. The summed E-state index contributed by atoms with van der Waals surface area (Å²) >= 11 is 0. The lowest BCUT2D eigenvalue weighted by atomic mass is 10.2. The average Bonchev–Trinajstić information content (AvgIpc) is 2.80. The monoisotopic (exact) mass is 463 g/mol. The van der Waals surface area contributed by atoms with Crippen molar-refractivity contribution in [2.45, 2.75) is 18.4 Å². The molecule has 0 fully saturated rings. The van der Waals surface area contributed by atoms with E-state index in [2.05, 4.69) is 20.4 Å². The maximum atomic E-state index is 13.1. The van der Waals surface area contributed by atoms with E-state index in [1.807, 2.05) is 18.2 Å². The summed E-state index contributed by atoms with van der Waals surface area (Å²) < 4.78 is 29.4. The summed E-state index contributed by atoms with van der Waals surface area (Å²) in [6.07, 6.45) is 0. The summed E-state index contributed by atoms with van der Waals surface area (Å²) in [5.41, 5.74) is 4.25. The molecule has 1 amide bonds. The molecule has 4 aromatic rings. The van der Waals surface area contributed by atoms with Crippen LogP contribution in [0, 0.1) is 0 Å². The normalized spacial score (nSPS) is 11.3. The number of nitrogens with one attached hydrogen (secondary N) is 3. The van der Waals surface area contributed by atoms with E-state index in [4.69, 9.17) is 0 Å². The van der Waals surface area contributed by atoms with Crippen LogP contribution in [0.4, 0.5) is 11.4 Å². The minimum atomic E-state index is -3.91. The second-order valence-corrected chi connectivity index (χ2v) is 8.96. The van der Waals surface area contributed by atoms with E-state index in [1.54, 1.807) is 36.4 Å². The third-order valence-corrected chi connectivity index (χ3v) is 6.18. The van der Waals surface area contributed by atoms with Crippen LogP contribution < -0.4 is 21.0 Å². The Labute approximate surface area is 190 Å². The van der Waals surface area contributed by atoms with E-state index in [0.29, 0.717) is 22.3 Å². The first kappa shape index (κ1) is 22.2. The van der Waals surface area contributed by atoms with Gasteiger partial charge in [-0.15, -0.1) is 0 Å². The number of sulfonamides is 1. The van der Waals surface area contributed by atoms with Crippen LogP contribution in [0.5, 0.6) is 0 Å². The number of hydrogen-bond donors (Lipinski definition) is 3. The zero-order valence-corrected chi connectivity index (χ0v) is 18.5. The van der Waals surface area contributed by atoms with Gasteiger partial charge in [0.1, 0.15) is 5.82 Å². The first-order valence-corrected chi connectivity index (χ1v) is 11.5. The van der Waals surface area contributed by atoms with Gasteiger partial charge in [0.05, 0.1) is 28.0 Å². The number of benzene rings is 3. The van der Waals surface area contributed by atoms with Crippen LogP contribution in [0.2, 0.25) is 0 Å². The smallest absolute Gasteiger partial charge is 0.280 e. The molecule has 3 aromatic carbocycles. The largest absolute Gasteiger partial charge is 0.326 e. The molecule has 3 N–H and O–H groups in total. The van der Waals surface area contributed by atoms with Crippen LogP contribution in [0.15, 0.2) is 88.6 Å². The molecule has 0 saturated heterocycles. The molecular formula is C23H21N5O4S. The van der Waals surface area contributed by atoms with Gasteiger partial charge in [-0.25, -0.2) is 22.8 Å². The molecule has 0 unspecified atom stereocenters. The second-order valence-electron chi connectivity index (χ2n) is 7.19. The lowest BCUT2D eigenvalue weighted by Crippen LogP contribution is -2.34. The molecule has 168 valence electrons. The van der Waals surface area contributed by atoms with E-state index < -0.39 is 10.0 Å². The van der Waals surface area contributed by atoms with Crippen molar-refractivity contribution in [1.82, 2.24) is 14.4 Å². The average molecular weight is 464 g/mol. The second kappa shape index (κ2) is 9.23. The Hall–Kier alpha value is -4.02. The summed E-state index contributed by atoms with van der Waals surface area (Å²) in [5, 5.41) is 2.99. The Bertz CT molecular complexity index is 1470. The van der Waals surface area contributed by atoms with Gasteiger partial charge in [-0.1, -0.05) is 30.3 Å². The third-order valence-electron chi connectivity index (χ3n) is 4.77. The fraction of sp³-hybridized carbons (Fsp3) is 0.0870. The molecule has 1 aromatic heterocycles. The molecule has 0 spiro atoms. The Kier molecular flexibility index (Phi) is 6.20. The Balaban J connectivity index is 1.65. The van der Waals surface area contributed by atoms with Crippen molar-refractivity contribution in [2.75, 3.05) is 10.7 Å². The van der Waals surface area contributed by atoms with Gasteiger partial charge in [-0.3, -0.25) is 15.0 Å². The number of carbonyl (C=O) groups is 1. The highest BCUT2D eigenvalue weighted by atomic mass is 32.2. The molecular weight excluding hydrogens is 442 g/mol. The molecule has 0 saturated carbocycles. The molecule has 0 atom stereocenters. The minimum Gasteiger partial charge on any atom is -0.326 e. The van der Waals surface area contributed by atoms with Gasteiger partial charge >= 0.3 is 0 Å². The summed E-state index contributed by atoms with van der Waals surface area (Å²) in [5.74, 6) is -0.0593. The van der Waals surface area contributed by atoms with Crippen LogP contribution in [0.3, 0.4) is 0 Å². The molecule has 9 nitrogen and oxygen atoms in total. The van der Waals surface area contributed by atoms with Crippen LogP contribution in [0.25, 0.3) is 10.9 Å². The summed E-state index contributed by atoms with van der Waals surface area (Å²) in [6.45, 7) is 1.14. The van der Waals surface area contributed by atoms with E-state index >= 15 is 0 Å². The quantitative estimate of drug-likeness (QED) is 0.387. The highest BCUT2D eigenvalue weighted by molar-refractivity contribution is 7.89. The Morgan fingerprint density at radius 3 is 2.27 bits per heavy atom. The molecule has 0 aliphatic rings. The summed E-state index contributed by atoms with van der Waals surface area (Å²) in [6, 6.07) is 21.7. The molecule has 0 radical (unpaired) electrons. The highest BCUT2D eigenvalue weighted by Gasteiger charge is 2.17. The van der Waals surface area contributed by atoms with E-state index in [-0.39, 0.29) is 28.7 Å². The number of fused-ring (bicyclic) bond motifs is 1. The van der Waals surface area contributed by atoms with Crippen molar-refractivity contribution >= 4 is 38.2 Å². The number of para-hydroxylation sites is 2. The van der Waals surface area contributed by atoms with Crippen LogP contribution in [-0.4, -0.2) is 24.0 Å². The topological polar surface area (TPSA) is 122 Å². The zero-order chi connectivity index (χ0) is 23.4. The Morgan fingerprint density at radius 1 is 0.909 bits per heavy atom. The molecule has 1 heterocycles. The standard InChI is InChI=1S/C23H21N5O4S/c1-16(29)25-17-11-13-19(14-12-17)33(31,32)24-15-22-26-21-10-6-5-9-20(21)23(30)28(22)27-18-7-3-2-4-8-18/h2-14,24,27H,15H2,1H3,(H,25,29). The van der Waals surface area contributed by atoms with Crippen molar-refractivity contribution < 1.29 is 13.2 Å². The summed E-state index contributed by atoms with van der Waals surface area (Å²) in [7, 11) is -3.91. The third kappa shape index (κ3) is 5.08. The van der Waals surface area contributed by atoms with Gasteiger partial charge in [0.2, 0.25) is 15.9 Å². The number of rotatable bonds is 7. The molecule has 0 aliphatic carbocycles. The number of hydrogen-bond acceptors (Lipinski definition) is 6. The lowest BCUT2D eigenvalue weighted by molar-refractivity contribution is -0.114. The van der Waals surface area contributed by atoms with Gasteiger partial charge < -0.3 is 5.32 Å². The number of amides is 1. The van der Waals surface area contributed by atoms with Crippen LogP contribution in [0.1, 0.15) is 12.7 Å². The predicted molar refractivity (Wildman–Crippen MR) is 126 cm³/mol. The van der Waals surface area contributed by atoms with Gasteiger partial charge in [0.15, 0.2) is 0 Å². The molecule has 4 rings (SSSR count). The number of aromatic nitrogens is 2. The SMILES string of the molecule is CC(=O)Nc1ccc(S(=O)(=O)NCc2nc3ccccc3c(=O)n2Nc2ccccc2)cc1. The van der Waals surface area contributed by atoms with E-state index in [9.17, 15) is 18.0 Å². The maximum absolute atomic E-state index is 13.1. The van der Waals surface area contributed by atoms with Crippen LogP contribution >= 0.6 is 0 Å². The molecule has 0 bridgehead atoms. The van der Waals surface area contributed by atoms with Gasteiger partial charge in [0.25, 0.3) is 5.56 Å². The minimum absolute atomic E-state index is 0.0160. The van der Waals surface area contributed by atoms with Crippen LogP contribution in [-0.2, 0) is 21.4 Å². The van der Waals surface area contributed by atoms with Gasteiger partial charge in [0, 0.05) is 12.6 Å². The highest BCUT2D eigenvalue weighted by Crippen LogP contribution is 2.15. The number of anilines is 2. The number of carbonyl (C=O) groups excluding carboxylic acids is 1. The maximum Gasteiger partial charge on any atom is 0.280 e. The first-order chi connectivity index (χ1) is 15.8. The van der Waals surface area contributed by atoms with Crippen molar-refractivity contribution in [2.24, 2.45) is 0 Å². The fourth-order valence-corrected chi connectivity index (χ4v) is 4.20. The van der Waals surface area contributed by atoms with Gasteiger partial charge in [-0.05, 0) is 48.5 Å². The molecule has 10 heteroatoms. The van der Waals surface area contributed by atoms with Crippen molar-refractivity contribution in [3.05, 3.63) is 95.0 Å². The Morgan fingerprint density at radius 2 is 1.58 bits per heavy atom. The van der Waals surface area contributed by atoms with Gasteiger partial charge in [-0.2, -0.15) is 0 Å². The first-order valence-electron chi connectivity index (χ1n) is 10.0. The van der Waals surface area contributed by atoms with E-state index in [0.717, 1.165) is 0 Å². The van der Waals surface area contributed by atoms with Crippen molar-refractivity contribution in [3.63, 3.8) is 0 Å². The predicted octanol–water partition coefficient (Wildman–Crippen LogP) is 2.71. The molecule has 0 aliphatic heterocycles. The summed E-state index contributed by atoms with van der Waals surface area (Å²) in [4.78, 5) is 28.8. The van der Waals surface area contributed by atoms with E-state index in [1.165, 1.54) is 35.9 Å². The van der Waals surface area contributed by atoms with Crippen molar-refractivity contribution in [1.29, 1.82) is 0 Å².